The van der Waals surface area contributed by atoms with E-state index in [1.54, 1.807) is 24.3 Å². The molecule has 5 nitrogen and oxygen atoms in total. The number of rotatable bonds is 6. The molecule has 1 aromatic rings. The number of carbonyl (C=O) groups is 2. The van der Waals surface area contributed by atoms with E-state index < -0.39 is 0 Å². The van der Waals surface area contributed by atoms with Crippen LogP contribution in [0.25, 0.3) is 0 Å². The van der Waals surface area contributed by atoms with E-state index in [1.165, 1.54) is 4.90 Å². The van der Waals surface area contributed by atoms with Gasteiger partial charge >= 0.3 is 0 Å². The molecule has 0 unspecified atom stereocenters. The summed E-state index contributed by atoms with van der Waals surface area (Å²) in [5, 5.41) is 12.3. The Balaban J connectivity index is 2.64. The maximum absolute atomic E-state index is 12.1. The monoisotopic (exact) mass is 264 g/mol. The van der Waals surface area contributed by atoms with Crippen molar-refractivity contribution in [1.82, 2.24) is 10.2 Å². The summed E-state index contributed by atoms with van der Waals surface area (Å²) < 4.78 is 0. The summed E-state index contributed by atoms with van der Waals surface area (Å²) >= 11 is 0. The summed E-state index contributed by atoms with van der Waals surface area (Å²) in [4.78, 5) is 25.0. The molecule has 0 bridgehead atoms. The van der Waals surface area contributed by atoms with E-state index >= 15 is 0 Å². The Kier molecular flexibility index (Phi) is 5.85. The summed E-state index contributed by atoms with van der Waals surface area (Å²) in [6.45, 7) is 4.71. The molecule has 1 aromatic carbocycles. The number of carbonyl (C=O) groups excluding carboxylic acids is 2. The predicted molar refractivity (Wildman–Crippen MR) is 72.7 cm³/mol. The predicted octanol–water partition coefficient (Wildman–Crippen LogP) is 0.919. The molecule has 104 valence electrons. The number of aromatic hydroxyl groups is 1. The van der Waals surface area contributed by atoms with Gasteiger partial charge in [-0.1, -0.05) is 18.2 Å². The van der Waals surface area contributed by atoms with Gasteiger partial charge in [0.15, 0.2) is 0 Å². The highest BCUT2D eigenvalue weighted by atomic mass is 16.3. The quantitative estimate of drug-likeness (QED) is 0.802. The normalized spacial score (nSPS) is 10.0. The first-order valence-corrected chi connectivity index (χ1v) is 6.39. The van der Waals surface area contributed by atoms with E-state index in [4.69, 9.17) is 0 Å². The lowest BCUT2D eigenvalue weighted by atomic mass is 10.1. The van der Waals surface area contributed by atoms with Gasteiger partial charge in [0.05, 0.1) is 13.0 Å². The van der Waals surface area contributed by atoms with Gasteiger partial charge in [0.1, 0.15) is 5.75 Å². The number of amides is 2. The second-order valence-corrected chi connectivity index (χ2v) is 4.17. The summed E-state index contributed by atoms with van der Waals surface area (Å²) in [5.41, 5.74) is 0.571. The average molecular weight is 264 g/mol. The molecule has 2 N–H and O–H groups in total. The molecule has 0 heterocycles. The maximum atomic E-state index is 12.1. The van der Waals surface area contributed by atoms with Crippen LogP contribution in [0.4, 0.5) is 0 Å². The lowest BCUT2D eigenvalue weighted by Gasteiger charge is -2.20. The van der Waals surface area contributed by atoms with Crippen molar-refractivity contribution in [3.63, 3.8) is 0 Å². The van der Waals surface area contributed by atoms with Crippen molar-refractivity contribution in [3.05, 3.63) is 29.8 Å². The van der Waals surface area contributed by atoms with Crippen LogP contribution in [0.15, 0.2) is 24.3 Å². The van der Waals surface area contributed by atoms with Gasteiger partial charge in [0.2, 0.25) is 11.8 Å². The first-order valence-electron chi connectivity index (χ1n) is 6.39. The van der Waals surface area contributed by atoms with E-state index in [1.807, 2.05) is 13.8 Å². The molecule has 0 radical (unpaired) electrons. The fourth-order valence-electron chi connectivity index (χ4n) is 1.74. The van der Waals surface area contributed by atoms with Crippen LogP contribution in [0.2, 0.25) is 0 Å². The highest BCUT2D eigenvalue weighted by molar-refractivity contribution is 5.86. The molecule has 0 aliphatic rings. The van der Waals surface area contributed by atoms with Crippen molar-refractivity contribution in [1.29, 1.82) is 0 Å². The number of para-hydroxylation sites is 1. The van der Waals surface area contributed by atoms with E-state index in [-0.39, 0.29) is 30.5 Å². The third kappa shape index (κ3) is 4.62. The van der Waals surface area contributed by atoms with Gasteiger partial charge < -0.3 is 15.3 Å². The van der Waals surface area contributed by atoms with Crippen molar-refractivity contribution < 1.29 is 14.7 Å². The molecule has 2 amide bonds. The minimum Gasteiger partial charge on any atom is -0.508 e. The number of phenolic OH excluding ortho intramolecular Hbond substituents is 1. The van der Waals surface area contributed by atoms with Gasteiger partial charge in [-0.25, -0.2) is 0 Å². The number of likely N-dealkylation sites (N-methyl/N-ethyl adjacent to an activating group) is 2. The maximum Gasteiger partial charge on any atom is 0.239 e. The largest absolute Gasteiger partial charge is 0.508 e. The van der Waals surface area contributed by atoms with Crippen LogP contribution < -0.4 is 5.32 Å². The zero-order valence-electron chi connectivity index (χ0n) is 11.3. The molecule has 0 spiro atoms. The molecular formula is C14H20N2O3. The molecule has 0 saturated heterocycles. The van der Waals surface area contributed by atoms with Gasteiger partial charge in [-0.05, 0) is 19.9 Å². The lowest BCUT2D eigenvalue weighted by Crippen LogP contribution is -2.41. The fourth-order valence-corrected chi connectivity index (χ4v) is 1.74. The molecule has 0 saturated carbocycles. The molecule has 0 aliphatic carbocycles. The summed E-state index contributed by atoms with van der Waals surface area (Å²) in [5.74, 6) is -0.241. The van der Waals surface area contributed by atoms with E-state index in [2.05, 4.69) is 5.32 Å². The molecule has 19 heavy (non-hydrogen) atoms. The summed E-state index contributed by atoms with van der Waals surface area (Å²) in [7, 11) is 0. The summed E-state index contributed by atoms with van der Waals surface area (Å²) in [6.07, 6.45) is 0.0971. The Labute approximate surface area is 113 Å². The van der Waals surface area contributed by atoms with Gasteiger partial charge in [0, 0.05) is 18.7 Å². The second-order valence-electron chi connectivity index (χ2n) is 4.17. The van der Waals surface area contributed by atoms with Crippen LogP contribution in [-0.4, -0.2) is 41.5 Å². The molecule has 5 heteroatoms. The first kappa shape index (κ1) is 15.0. The van der Waals surface area contributed by atoms with Crippen molar-refractivity contribution in [3.8, 4) is 5.75 Å². The van der Waals surface area contributed by atoms with Crippen LogP contribution in [-0.2, 0) is 16.0 Å². The number of nitrogens with zero attached hydrogens (tertiary/aromatic N) is 1. The number of benzene rings is 1. The van der Waals surface area contributed by atoms with Gasteiger partial charge in [-0.2, -0.15) is 0 Å². The van der Waals surface area contributed by atoms with Crippen molar-refractivity contribution in [2.75, 3.05) is 19.6 Å². The van der Waals surface area contributed by atoms with E-state index in [0.29, 0.717) is 18.7 Å². The Hall–Kier alpha value is -2.04. The molecule has 0 atom stereocenters. The first-order chi connectivity index (χ1) is 9.08. The summed E-state index contributed by atoms with van der Waals surface area (Å²) in [6, 6.07) is 6.72. The number of hydrogen-bond acceptors (Lipinski definition) is 3. The smallest absolute Gasteiger partial charge is 0.239 e. The highest BCUT2D eigenvalue weighted by Gasteiger charge is 2.16. The highest BCUT2D eigenvalue weighted by Crippen LogP contribution is 2.16. The standard InChI is InChI=1S/C14H20N2O3/c1-3-15-13(18)10-16(4-2)14(19)9-11-7-5-6-8-12(11)17/h5-8,17H,3-4,9-10H2,1-2H3,(H,15,18). The minimum atomic E-state index is -0.171. The number of hydrogen-bond donors (Lipinski definition) is 2. The van der Waals surface area contributed by atoms with Crippen LogP contribution in [0.5, 0.6) is 5.75 Å². The number of nitrogens with one attached hydrogen (secondary N) is 1. The Morgan fingerprint density at radius 2 is 1.95 bits per heavy atom. The number of phenols is 1. The molecule has 0 aromatic heterocycles. The third-order valence-electron chi connectivity index (χ3n) is 2.78. The van der Waals surface area contributed by atoms with Crippen LogP contribution in [0.1, 0.15) is 19.4 Å². The van der Waals surface area contributed by atoms with Crippen LogP contribution >= 0.6 is 0 Å². The Morgan fingerprint density at radius 3 is 2.53 bits per heavy atom. The van der Waals surface area contributed by atoms with Gasteiger partial charge in [0.25, 0.3) is 0 Å². The van der Waals surface area contributed by atoms with Crippen LogP contribution in [0.3, 0.4) is 0 Å². The Bertz CT molecular complexity index is 446. The van der Waals surface area contributed by atoms with Crippen molar-refractivity contribution in [2.45, 2.75) is 20.3 Å². The zero-order valence-corrected chi connectivity index (χ0v) is 11.3. The molecule has 0 aliphatic heterocycles. The van der Waals surface area contributed by atoms with E-state index in [9.17, 15) is 14.7 Å². The zero-order chi connectivity index (χ0) is 14.3. The second kappa shape index (κ2) is 7.41. The van der Waals surface area contributed by atoms with Gasteiger partial charge in [-0.3, -0.25) is 9.59 Å². The molecular weight excluding hydrogens is 244 g/mol. The lowest BCUT2D eigenvalue weighted by molar-refractivity contribution is -0.135. The van der Waals surface area contributed by atoms with Crippen molar-refractivity contribution in [2.24, 2.45) is 0 Å². The van der Waals surface area contributed by atoms with Crippen molar-refractivity contribution >= 4 is 11.8 Å². The Morgan fingerprint density at radius 1 is 1.26 bits per heavy atom. The fraction of sp³-hybridized carbons (Fsp3) is 0.429. The minimum absolute atomic E-state index is 0.0524. The molecule has 0 fully saturated rings. The van der Waals surface area contributed by atoms with E-state index in [0.717, 1.165) is 0 Å². The average Bonchev–Trinajstić information content (AvgIpc) is 2.39. The van der Waals surface area contributed by atoms with Crippen LogP contribution in [0, 0.1) is 0 Å². The topological polar surface area (TPSA) is 69.6 Å². The molecule has 1 rings (SSSR count). The third-order valence-corrected chi connectivity index (χ3v) is 2.78. The SMILES string of the molecule is CCNC(=O)CN(CC)C(=O)Cc1ccccc1O. The van der Waals surface area contributed by atoms with Gasteiger partial charge in [-0.15, -0.1) is 0 Å².